The lowest BCUT2D eigenvalue weighted by atomic mass is 10.2. The third-order valence-electron chi connectivity index (χ3n) is 3.38. The summed E-state index contributed by atoms with van der Waals surface area (Å²) in [5.41, 5.74) is 0. The van der Waals surface area contributed by atoms with Crippen LogP contribution in [-0.2, 0) is 0 Å². The molecular weight excluding hydrogens is 268 g/mol. The molecule has 4 nitrogen and oxygen atoms in total. The lowest BCUT2D eigenvalue weighted by Crippen LogP contribution is -2.33. The third-order valence-corrected chi connectivity index (χ3v) is 4.68. The molecule has 0 bridgehead atoms. The van der Waals surface area contributed by atoms with Crippen molar-refractivity contribution in [2.45, 2.75) is 31.7 Å². The molecule has 1 heterocycles. The first-order chi connectivity index (χ1) is 8.70. The van der Waals surface area contributed by atoms with Crippen LogP contribution in [-0.4, -0.2) is 36.1 Å². The van der Waals surface area contributed by atoms with Gasteiger partial charge < -0.3 is 10.2 Å². The van der Waals surface area contributed by atoms with Crippen molar-refractivity contribution < 1.29 is 0 Å². The van der Waals surface area contributed by atoms with Gasteiger partial charge in [-0.25, -0.2) is 4.98 Å². The van der Waals surface area contributed by atoms with Crippen molar-refractivity contribution in [3.63, 3.8) is 0 Å². The minimum atomic E-state index is 0.300. The summed E-state index contributed by atoms with van der Waals surface area (Å²) in [6.07, 6.45) is 5.35. The van der Waals surface area contributed by atoms with Gasteiger partial charge in [-0.2, -0.15) is 5.26 Å². The SMILES string of the molecule is CN(CCNc1nc(Cl)c(C#N)s1)C1CCCC1. The standard InChI is InChI=1S/C12H17ClN4S/c1-17(9-4-2-3-5-9)7-6-15-12-16-11(13)10(8-14)18-12/h9H,2-7H2,1H3,(H,15,16). The monoisotopic (exact) mass is 284 g/mol. The van der Waals surface area contributed by atoms with E-state index < -0.39 is 0 Å². The largest absolute Gasteiger partial charge is 0.360 e. The number of nitriles is 1. The number of rotatable bonds is 5. The second kappa shape index (κ2) is 6.37. The van der Waals surface area contributed by atoms with Crippen molar-refractivity contribution in [1.82, 2.24) is 9.88 Å². The lowest BCUT2D eigenvalue weighted by Gasteiger charge is -2.23. The number of hydrogen-bond donors (Lipinski definition) is 1. The number of hydrogen-bond acceptors (Lipinski definition) is 5. The van der Waals surface area contributed by atoms with E-state index in [0.29, 0.717) is 10.0 Å². The molecule has 0 saturated heterocycles. The maximum Gasteiger partial charge on any atom is 0.185 e. The van der Waals surface area contributed by atoms with Crippen LogP contribution >= 0.6 is 22.9 Å². The molecule has 1 aromatic heterocycles. The summed E-state index contributed by atoms with van der Waals surface area (Å²) in [7, 11) is 2.17. The zero-order valence-electron chi connectivity index (χ0n) is 10.4. The van der Waals surface area contributed by atoms with Gasteiger partial charge >= 0.3 is 0 Å². The summed E-state index contributed by atoms with van der Waals surface area (Å²) in [6.45, 7) is 1.82. The fourth-order valence-electron chi connectivity index (χ4n) is 2.31. The summed E-state index contributed by atoms with van der Waals surface area (Å²) in [5, 5.41) is 13.0. The second-order valence-corrected chi connectivity index (χ2v) is 5.95. The van der Waals surface area contributed by atoms with Crippen LogP contribution in [0.15, 0.2) is 0 Å². The molecule has 2 rings (SSSR count). The number of halogens is 1. The first-order valence-electron chi connectivity index (χ1n) is 6.21. The fourth-order valence-corrected chi connectivity index (χ4v) is 3.29. The lowest BCUT2D eigenvalue weighted by molar-refractivity contribution is 0.254. The van der Waals surface area contributed by atoms with E-state index >= 15 is 0 Å². The Labute approximate surface area is 117 Å². The van der Waals surface area contributed by atoms with Gasteiger partial charge in [-0.1, -0.05) is 35.8 Å². The Hall–Kier alpha value is -0.830. The Morgan fingerprint density at radius 1 is 1.56 bits per heavy atom. The first kappa shape index (κ1) is 13.6. The molecule has 1 N–H and O–H groups in total. The highest BCUT2D eigenvalue weighted by atomic mass is 35.5. The molecule has 0 atom stereocenters. The highest BCUT2D eigenvalue weighted by molar-refractivity contribution is 7.16. The maximum atomic E-state index is 8.79. The Morgan fingerprint density at radius 3 is 2.89 bits per heavy atom. The number of likely N-dealkylation sites (N-methyl/N-ethyl adjacent to an activating group) is 1. The summed E-state index contributed by atoms with van der Waals surface area (Å²) in [5.74, 6) is 0. The summed E-state index contributed by atoms with van der Waals surface area (Å²) < 4.78 is 0. The molecule has 18 heavy (non-hydrogen) atoms. The predicted octanol–water partition coefficient (Wildman–Crippen LogP) is 2.95. The first-order valence-corrected chi connectivity index (χ1v) is 7.40. The average molecular weight is 285 g/mol. The Bertz CT molecular complexity index is 434. The van der Waals surface area contributed by atoms with Crippen molar-refractivity contribution in [3.05, 3.63) is 10.0 Å². The van der Waals surface area contributed by atoms with E-state index in [1.807, 2.05) is 6.07 Å². The van der Waals surface area contributed by atoms with E-state index in [4.69, 9.17) is 16.9 Å². The smallest absolute Gasteiger partial charge is 0.185 e. The Balaban J connectivity index is 1.76. The van der Waals surface area contributed by atoms with E-state index in [1.54, 1.807) is 0 Å². The van der Waals surface area contributed by atoms with Gasteiger partial charge in [-0.15, -0.1) is 0 Å². The van der Waals surface area contributed by atoms with Crippen LogP contribution in [0, 0.1) is 11.3 Å². The molecule has 0 amide bonds. The van der Waals surface area contributed by atoms with E-state index in [9.17, 15) is 0 Å². The van der Waals surface area contributed by atoms with E-state index in [1.165, 1.54) is 37.0 Å². The van der Waals surface area contributed by atoms with Crippen LogP contribution in [0.1, 0.15) is 30.6 Å². The maximum absolute atomic E-state index is 8.79. The van der Waals surface area contributed by atoms with Crippen LogP contribution < -0.4 is 5.32 Å². The molecule has 1 fully saturated rings. The Morgan fingerprint density at radius 2 is 2.28 bits per heavy atom. The number of nitrogens with zero attached hydrogens (tertiary/aromatic N) is 3. The average Bonchev–Trinajstić information content (AvgIpc) is 2.98. The molecule has 1 saturated carbocycles. The minimum absolute atomic E-state index is 0.300. The van der Waals surface area contributed by atoms with Gasteiger partial charge in [-0.3, -0.25) is 0 Å². The molecule has 1 aliphatic rings. The van der Waals surface area contributed by atoms with Gasteiger partial charge in [0.2, 0.25) is 0 Å². The molecule has 6 heteroatoms. The molecule has 0 aromatic carbocycles. The zero-order valence-corrected chi connectivity index (χ0v) is 12.0. The van der Waals surface area contributed by atoms with Gasteiger partial charge in [0, 0.05) is 19.1 Å². The summed E-state index contributed by atoms with van der Waals surface area (Å²) >= 11 is 7.13. The quantitative estimate of drug-likeness (QED) is 0.903. The molecule has 0 aliphatic heterocycles. The van der Waals surface area contributed by atoms with Crippen molar-refractivity contribution in [2.24, 2.45) is 0 Å². The number of aromatic nitrogens is 1. The number of nitrogens with one attached hydrogen (secondary N) is 1. The molecule has 0 spiro atoms. The Kier molecular flexibility index (Phi) is 4.81. The van der Waals surface area contributed by atoms with Crippen molar-refractivity contribution >= 4 is 28.1 Å². The van der Waals surface area contributed by atoms with Crippen LogP contribution in [0.25, 0.3) is 0 Å². The summed E-state index contributed by atoms with van der Waals surface area (Å²) in [6, 6.07) is 2.77. The second-order valence-electron chi connectivity index (χ2n) is 4.60. The van der Waals surface area contributed by atoms with Crippen molar-refractivity contribution in [3.8, 4) is 6.07 Å². The molecule has 0 radical (unpaired) electrons. The van der Waals surface area contributed by atoms with Crippen molar-refractivity contribution in [2.75, 3.05) is 25.5 Å². The molecule has 0 unspecified atom stereocenters. The van der Waals surface area contributed by atoms with Crippen LogP contribution in [0.2, 0.25) is 5.15 Å². The van der Waals surface area contributed by atoms with Crippen molar-refractivity contribution in [1.29, 1.82) is 5.26 Å². The number of thiazole rings is 1. The molecular formula is C12H17ClN4S. The van der Waals surface area contributed by atoms with E-state index in [-0.39, 0.29) is 0 Å². The van der Waals surface area contributed by atoms with Gasteiger partial charge in [0.1, 0.15) is 10.9 Å². The van der Waals surface area contributed by atoms with E-state index in [0.717, 1.165) is 24.3 Å². The van der Waals surface area contributed by atoms with Crippen LogP contribution in [0.3, 0.4) is 0 Å². The summed E-state index contributed by atoms with van der Waals surface area (Å²) in [4.78, 5) is 6.99. The van der Waals surface area contributed by atoms with E-state index in [2.05, 4.69) is 22.2 Å². The van der Waals surface area contributed by atoms with Crippen LogP contribution in [0.5, 0.6) is 0 Å². The van der Waals surface area contributed by atoms with Gasteiger partial charge in [0.25, 0.3) is 0 Å². The zero-order chi connectivity index (χ0) is 13.0. The normalized spacial score (nSPS) is 16.1. The third kappa shape index (κ3) is 3.35. The highest BCUT2D eigenvalue weighted by Gasteiger charge is 2.18. The molecule has 1 aromatic rings. The topological polar surface area (TPSA) is 52.0 Å². The van der Waals surface area contributed by atoms with Gasteiger partial charge in [0.15, 0.2) is 10.3 Å². The fraction of sp³-hybridized carbons (Fsp3) is 0.667. The molecule has 98 valence electrons. The minimum Gasteiger partial charge on any atom is -0.360 e. The van der Waals surface area contributed by atoms with Gasteiger partial charge in [-0.05, 0) is 19.9 Å². The van der Waals surface area contributed by atoms with Crippen LogP contribution in [0.4, 0.5) is 5.13 Å². The predicted molar refractivity (Wildman–Crippen MR) is 75.2 cm³/mol. The highest BCUT2D eigenvalue weighted by Crippen LogP contribution is 2.26. The molecule has 1 aliphatic carbocycles. The van der Waals surface area contributed by atoms with Gasteiger partial charge in [0.05, 0.1) is 0 Å². The number of anilines is 1.